The number of nitrogens with zero attached hydrogens (tertiary/aromatic N) is 3. The van der Waals surface area contributed by atoms with Crippen LogP contribution in [0.3, 0.4) is 0 Å². The number of hydrogen-bond donors (Lipinski definition) is 0. The van der Waals surface area contributed by atoms with Crippen molar-refractivity contribution in [3.63, 3.8) is 0 Å². The largest absolute Gasteiger partial charge is 2.00 e. The SMILES string of the molecule is C1CCCC1.[N-]=[N+]=[N-].[Ta+2]. The number of rotatable bonds is 0. The predicted octanol–water partition coefficient (Wildman–Crippen LogP) is 2.81. The Kier molecular flexibility index (Phi) is 14.3. The van der Waals surface area contributed by atoms with Crippen molar-refractivity contribution in [2.45, 2.75) is 32.1 Å². The Labute approximate surface area is 70.8 Å². The first-order valence-electron chi connectivity index (χ1n) is 2.90. The zero-order valence-electron chi connectivity index (χ0n) is 5.32. The van der Waals surface area contributed by atoms with E-state index in [0.29, 0.717) is 0 Å². The maximum atomic E-state index is 6.75. The summed E-state index contributed by atoms with van der Waals surface area (Å²) in [6.07, 6.45) is 7.50. The van der Waals surface area contributed by atoms with Gasteiger partial charge in [-0.15, -0.1) is 0 Å². The summed E-state index contributed by atoms with van der Waals surface area (Å²) in [6, 6.07) is 0. The van der Waals surface area contributed by atoms with Gasteiger partial charge in [0, 0.05) is 0 Å². The normalized spacial score (nSPS) is 14.2. The molecule has 0 N–H and O–H groups in total. The van der Waals surface area contributed by atoms with E-state index in [2.05, 4.69) is 0 Å². The minimum absolute atomic E-state index is 0. The van der Waals surface area contributed by atoms with E-state index in [1.807, 2.05) is 0 Å². The van der Waals surface area contributed by atoms with E-state index >= 15 is 0 Å². The van der Waals surface area contributed by atoms with Crippen molar-refractivity contribution in [2.75, 3.05) is 0 Å². The average Bonchev–Trinajstić information content (AvgIpc) is 2.17. The topological polar surface area (TPSA) is 58.7 Å². The monoisotopic (exact) mass is 293 g/mol. The summed E-state index contributed by atoms with van der Waals surface area (Å²) in [5.74, 6) is 0. The van der Waals surface area contributed by atoms with E-state index in [0.717, 1.165) is 0 Å². The van der Waals surface area contributed by atoms with Crippen LogP contribution in [-0.4, -0.2) is 0 Å². The molecule has 1 saturated carbocycles. The summed E-state index contributed by atoms with van der Waals surface area (Å²) < 4.78 is 0. The molecule has 0 aromatic heterocycles. The molecular formula is C5H10N3Ta+. The molecule has 1 aliphatic carbocycles. The van der Waals surface area contributed by atoms with Gasteiger partial charge in [-0.3, -0.25) is 4.91 Å². The number of hydrogen-bond acceptors (Lipinski definition) is 0. The second-order valence-corrected chi connectivity index (χ2v) is 1.86. The zero-order chi connectivity index (χ0) is 6.24. The van der Waals surface area contributed by atoms with Gasteiger partial charge in [0.05, 0.1) is 0 Å². The summed E-state index contributed by atoms with van der Waals surface area (Å²) in [6.45, 7) is 0. The molecule has 1 aliphatic rings. The van der Waals surface area contributed by atoms with E-state index < -0.39 is 0 Å². The molecule has 0 atom stereocenters. The van der Waals surface area contributed by atoms with Crippen molar-refractivity contribution in [1.29, 1.82) is 0 Å². The average molecular weight is 293 g/mol. The van der Waals surface area contributed by atoms with Crippen molar-refractivity contribution in [2.24, 2.45) is 0 Å². The quantitative estimate of drug-likeness (QED) is 0.374. The van der Waals surface area contributed by atoms with Crippen molar-refractivity contribution < 1.29 is 22.4 Å². The van der Waals surface area contributed by atoms with Crippen LogP contribution in [0.4, 0.5) is 0 Å². The molecule has 0 unspecified atom stereocenters. The van der Waals surface area contributed by atoms with Gasteiger partial charge in [-0.05, 0) is 0 Å². The van der Waals surface area contributed by atoms with Crippen LogP contribution < -0.4 is 0 Å². The van der Waals surface area contributed by atoms with Crippen LogP contribution in [0.15, 0.2) is 0 Å². The summed E-state index contributed by atoms with van der Waals surface area (Å²) in [4.78, 5) is 1.50. The molecule has 0 bridgehead atoms. The maximum Gasteiger partial charge on any atom is 2.00 e. The van der Waals surface area contributed by atoms with E-state index in [4.69, 9.17) is 11.1 Å². The third-order valence-corrected chi connectivity index (χ3v) is 1.25. The molecule has 4 heteroatoms. The zero-order valence-corrected chi connectivity index (χ0v) is 8.54. The van der Waals surface area contributed by atoms with Crippen LogP contribution >= 0.6 is 0 Å². The van der Waals surface area contributed by atoms with Gasteiger partial charge >= 0.3 is 22.4 Å². The second kappa shape index (κ2) is 10.9. The summed E-state index contributed by atoms with van der Waals surface area (Å²) in [7, 11) is 0. The molecule has 1 fully saturated rings. The summed E-state index contributed by atoms with van der Waals surface area (Å²) in [5, 5.41) is 0. The van der Waals surface area contributed by atoms with Gasteiger partial charge in [-0.2, -0.15) is 0 Å². The molecule has 0 aliphatic heterocycles. The van der Waals surface area contributed by atoms with Gasteiger partial charge in [-0.1, -0.05) is 32.1 Å². The summed E-state index contributed by atoms with van der Waals surface area (Å²) >= 11 is 0. The van der Waals surface area contributed by atoms with Crippen molar-refractivity contribution >= 4 is 0 Å². The molecule has 0 aromatic carbocycles. The summed E-state index contributed by atoms with van der Waals surface area (Å²) in [5.41, 5.74) is 13.5. The Morgan fingerprint density at radius 1 is 0.778 bits per heavy atom. The predicted molar refractivity (Wildman–Crippen MR) is 33.2 cm³/mol. The third kappa shape index (κ3) is 11.6. The van der Waals surface area contributed by atoms with Crippen LogP contribution in [0.1, 0.15) is 32.1 Å². The molecule has 49 valence electrons. The maximum absolute atomic E-state index is 6.75. The Bertz CT molecular complexity index is 66.7. The van der Waals surface area contributed by atoms with Crippen molar-refractivity contribution in [3.8, 4) is 0 Å². The van der Waals surface area contributed by atoms with Crippen molar-refractivity contribution in [3.05, 3.63) is 16.0 Å². The fraction of sp³-hybridized carbons (Fsp3) is 1.00. The Hall–Kier alpha value is 0.0503. The fourth-order valence-corrected chi connectivity index (χ4v) is 0.884. The van der Waals surface area contributed by atoms with Crippen molar-refractivity contribution in [1.82, 2.24) is 0 Å². The molecule has 0 heterocycles. The standard InChI is InChI=1S/C5H10.N3.Ta/c1-2-4-5-3-1;1-3-2;/h1-5H2;;/q;-1;+2. The first-order chi connectivity index (χ1) is 3.91. The van der Waals surface area contributed by atoms with Gasteiger partial charge in [-0.25, -0.2) is 0 Å². The van der Waals surface area contributed by atoms with Gasteiger partial charge in [0.25, 0.3) is 0 Å². The Morgan fingerprint density at radius 2 is 0.889 bits per heavy atom. The molecule has 0 amide bonds. The van der Waals surface area contributed by atoms with Crippen LogP contribution in [0.5, 0.6) is 0 Å². The smallest absolute Gasteiger partial charge is 0.373 e. The van der Waals surface area contributed by atoms with Gasteiger partial charge < -0.3 is 11.1 Å². The Morgan fingerprint density at radius 3 is 1.00 bits per heavy atom. The first-order valence-corrected chi connectivity index (χ1v) is 2.90. The fourth-order valence-electron chi connectivity index (χ4n) is 0.884. The molecule has 9 heavy (non-hydrogen) atoms. The molecule has 1 radical (unpaired) electrons. The van der Waals surface area contributed by atoms with Gasteiger partial charge in [0.2, 0.25) is 0 Å². The molecule has 1 rings (SSSR count). The minimum Gasteiger partial charge on any atom is -0.373 e. The third-order valence-electron chi connectivity index (χ3n) is 1.25. The van der Waals surface area contributed by atoms with Crippen LogP contribution in [0, 0.1) is 0 Å². The van der Waals surface area contributed by atoms with Crippen LogP contribution in [0.2, 0.25) is 0 Å². The molecule has 3 nitrogen and oxygen atoms in total. The van der Waals surface area contributed by atoms with Gasteiger partial charge in [0.1, 0.15) is 0 Å². The van der Waals surface area contributed by atoms with Crippen LogP contribution in [-0.2, 0) is 22.4 Å². The second-order valence-electron chi connectivity index (χ2n) is 1.86. The van der Waals surface area contributed by atoms with E-state index in [9.17, 15) is 0 Å². The molecular weight excluding hydrogens is 283 g/mol. The first kappa shape index (κ1) is 11.8. The molecule has 0 spiro atoms. The van der Waals surface area contributed by atoms with E-state index in [-0.39, 0.29) is 22.4 Å². The minimum atomic E-state index is 0. The molecule has 0 saturated heterocycles. The van der Waals surface area contributed by atoms with Gasteiger partial charge in [0.15, 0.2) is 0 Å². The molecule has 0 aromatic rings. The van der Waals surface area contributed by atoms with E-state index in [1.54, 1.807) is 0 Å². The van der Waals surface area contributed by atoms with E-state index in [1.165, 1.54) is 37.0 Å². The Balaban J connectivity index is 0. The van der Waals surface area contributed by atoms with Crippen LogP contribution in [0.25, 0.3) is 16.0 Å².